The van der Waals surface area contributed by atoms with E-state index in [1.165, 1.54) is 6.08 Å². The lowest BCUT2D eigenvalue weighted by Gasteiger charge is -2.36. The number of fused-ring (bicyclic) bond motifs is 1. The lowest BCUT2D eigenvalue weighted by molar-refractivity contribution is -0.111. The first-order valence-corrected chi connectivity index (χ1v) is 11.2. The molecule has 0 saturated carbocycles. The van der Waals surface area contributed by atoms with E-state index >= 15 is 0 Å². The molecule has 3 aromatic carbocycles. The van der Waals surface area contributed by atoms with Gasteiger partial charge in [0.2, 0.25) is 12.7 Å². The van der Waals surface area contributed by atoms with Crippen molar-refractivity contribution in [3.63, 3.8) is 0 Å². The first kappa shape index (κ1) is 21.6. The Hall–Kier alpha value is -4.26. The third-order valence-corrected chi connectivity index (χ3v) is 5.93. The van der Waals surface area contributed by atoms with Crippen molar-refractivity contribution in [2.75, 3.05) is 43.2 Å². The molecule has 0 aromatic heterocycles. The third kappa shape index (κ3) is 4.73. The Balaban J connectivity index is 1.22. The molecule has 1 N–H and O–H groups in total. The number of rotatable bonds is 5. The van der Waals surface area contributed by atoms with Crippen LogP contribution in [-0.2, 0) is 4.79 Å². The molecule has 34 heavy (non-hydrogen) atoms. The van der Waals surface area contributed by atoms with E-state index in [0.29, 0.717) is 35.8 Å². The van der Waals surface area contributed by atoms with Gasteiger partial charge in [-0.3, -0.25) is 9.59 Å². The SMILES string of the molecule is O=C(/C=C/c1ccc2c(c1)OCO2)Nc1ccccc1C(=O)N1CCN(c2ccccc2)CC1. The van der Waals surface area contributed by atoms with E-state index in [9.17, 15) is 9.59 Å². The molecule has 2 amide bonds. The van der Waals surface area contributed by atoms with Crippen LogP contribution in [0.2, 0.25) is 0 Å². The number of ether oxygens (including phenoxy) is 2. The maximum absolute atomic E-state index is 13.2. The number of nitrogens with zero attached hydrogens (tertiary/aromatic N) is 2. The predicted molar refractivity (Wildman–Crippen MR) is 131 cm³/mol. The van der Waals surface area contributed by atoms with Gasteiger partial charge in [0.05, 0.1) is 11.3 Å². The number of nitrogens with one attached hydrogen (secondary N) is 1. The van der Waals surface area contributed by atoms with Gasteiger partial charge in [-0.2, -0.15) is 0 Å². The van der Waals surface area contributed by atoms with Gasteiger partial charge < -0.3 is 24.6 Å². The molecule has 2 aliphatic heterocycles. The zero-order chi connectivity index (χ0) is 23.3. The standard InChI is InChI=1S/C27H25N3O4/c31-26(13-11-20-10-12-24-25(18-20)34-19-33-24)28-23-9-5-4-8-22(23)27(32)30-16-14-29(15-17-30)21-6-2-1-3-7-21/h1-13,18H,14-17,19H2,(H,28,31)/b13-11+. The van der Waals surface area contributed by atoms with Crippen molar-refractivity contribution < 1.29 is 19.1 Å². The highest BCUT2D eigenvalue weighted by molar-refractivity contribution is 6.07. The summed E-state index contributed by atoms with van der Waals surface area (Å²) < 4.78 is 10.7. The van der Waals surface area contributed by atoms with Gasteiger partial charge in [0.1, 0.15) is 0 Å². The van der Waals surface area contributed by atoms with Crippen LogP contribution in [0.3, 0.4) is 0 Å². The van der Waals surface area contributed by atoms with Crippen molar-refractivity contribution in [2.45, 2.75) is 0 Å². The van der Waals surface area contributed by atoms with Gasteiger partial charge in [-0.1, -0.05) is 36.4 Å². The fourth-order valence-electron chi connectivity index (χ4n) is 4.12. The fraction of sp³-hybridized carbons (Fsp3) is 0.185. The van der Waals surface area contributed by atoms with Crippen LogP contribution in [0.15, 0.2) is 78.9 Å². The summed E-state index contributed by atoms with van der Waals surface area (Å²) in [5, 5.41) is 2.85. The minimum absolute atomic E-state index is 0.0802. The van der Waals surface area contributed by atoms with Crippen LogP contribution >= 0.6 is 0 Å². The molecule has 172 valence electrons. The Kier molecular flexibility index (Phi) is 6.16. The molecule has 1 fully saturated rings. The van der Waals surface area contributed by atoms with E-state index in [1.807, 2.05) is 47.4 Å². The molecule has 0 spiro atoms. The molecule has 7 heteroatoms. The molecule has 2 aliphatic rings. The Morgan fingerprint density at radius 2 is 1.56 bits per heavy atom. The Morgan fingerprint density at radius 1 is 0.824 bits per heavy atom. The van der Waals surface area contributed by atoms with Gasteiger partial charge in [-0.05, 0) is 48.0 Å². The molecule has 2 heterocycles. The van der Waals surface area contributed by atoms with Gasteiger partial charge in [0, 0.05) is 37.9 Å². The molecule has 0 unspecified atom stereocenters. The number of para-hydroxylation sites is 2. The van der Waals surface area contributed by atoms with Crippen molar-refractivity contribution in [1.29, 1.82) is 0 Å². The van der Waals surface area contributed by atoms with E-state index < -0.39 is 0 Å². The average Bonchev–Trinajstić information content (AvgIpc) is 3.36. The molecular formula is C27H25N3O4. The molecule has 5 rings (SSSR count). The van der Waals surface area contributed by atoms with Gasteiger partial charge >= 0.3 is 0 Å². The van der Waals surface area contributed by atoms with Crippen molar-refractivity contribution in [2.24, 2.45) is 0 Å². The Labute approximate surface area is 198 Å². The predicted octanol–water partition coefficient (Wildman–Crippen LogP) is 4.03. The van der Waals surface area contributed by atoms with Gasteiger partial charge in [-0.25, -0.2) is 0 Å². The molecule has 7 nitrogen and oxygen atoms in total. The summed E-state index contributed by atoms with van der Waals surface area (Å²) in [5.74, 6) is 0.958. The van der Waals surface area contributed by atoms with Gasteiger partial charge in [-0.15, -0.1) is 0 Å². The van der Waals surface area contributed by atoms with Crippen LogP contribution in [0.4, 0.5) is 11.4 Å². The number of carbonyl (C=O) groups is 2. The van der Waals surface area contributed by atoms with Crippen molar-refractivity contribution >= 4 is 29.3 Å². The van der Waals surface area contributed by atoms with E-state index in [1.54, 1.807) is 24.3 Å². The second-order valence-electron chi connectivity index (χ2n) is 8.10. The number of hydrogen-bond acceptors (Lipinski definition) is 5. The van der Waals surface area contributed by atoms with Gasteiger partial charge in [0.15, 0.2) is 11.5 Å². The summed E-state index contributed by atoms with van der Waals surface area (Å²) in [5.41, 5.74) is 2.97. The van der Waals surface area contributed by atoms with Crippen LogP contribution in [0, 0.1) is 0 Å². The van der Waals surface area contributed by atoms with Crippen LogP contribution in [-0.4, -0.2) is 49.7 Å². The first-order chi connectivity index (χ1) is 16.7. The lowest BCUT2D eigenvalue weighted by atomic mass is 10.1. The minimum atomic E-state index is -0.313. The molecular weight excluding hydrogens is 430 g/mol. The number of piperazine rings is 1. The largest absolute Gasteiger partial charge is 0.454 e. The minimum Gasteiger partial charge on any atom is -0.454 e. The van der Waals surface area contributed by atoms with Crippen LogP contribution < -0.4 is 19.7 Å². The second-order valence-corrected chi connectivity index (χ2v) is 8.10. The highest BCUT2D eigenvalue weighted by Crippen LogP contribution is 2.32. The quantitative estimate of drug-likeness (QED) is 0.589. The second kappa shape index (κ2) is 9.70. The number of carbonyl (C=O) groups excluding carboxylic acids is 2. The number of amides is 2. The summed E-state index contributed by atoms with van der Waals surface area (Å²) in [6.07, 6.45) is 3.14. The summed E-state index contributed by atoms with van der Waals surface area (Å²) in [4.78, 5) is 29.9. The summed E-state index contributed by atoms with van der Waals surface area (Å²) in [6.45, 7) is 2.99. The van der Waals surface area contributed by atoms with E-state index in [0.717, 1.165) is 24.3 Å². The Bertz CT molecular complexity index is 1220. The van der Waals surface area contributed by atoms with Crippen LogP contribution in [0.5, 0.6) is 11.5 Å². The third-order valence-electron chi connectivity index (χ3n) is 5.93. The van der Waals surface area contributed by atoms with E-state index in [2.05, 4.69) is 22.3 Å². The molecule has 3 aromatic rings. The lowest BCUT2D eigenvalue weighted by Crippen LogP contribution is -2.48. The van der Waals surface area contributed by atoms with Crippen molar-refractivity contribution in [3.8, 4) is 11.5 Å². The zero-order valence-electron chi connectivity index (χ0n) is 18.6. The van der Waals surface area contributed by atoms with E-state index in [-0.39, 0.29) is 18.6 Å². The van der Waals surface area contributed by atoms with Crippen LogP contribution in [0.1, 0.15) is 15.9 Å². The normalized spacial score (nSPS) is 14.9. The maximum Gasteiger partial charge on any atom is 0.256 e. The zero-order valence-corrected chi connectivity index (χ0v) is 18.6. The molecule has 0 radical (unpaired) electrons. The summed E-state index contributed by atoms with van der Waals surface area (Å²) >= 11 is 0. The molecule has 0 atom stereocenters. The van der Waals surface area contributed by atoms with Crippen molar-refractivity contribution in [3.05, 3.63) is 90.0 Å². The number of benzene rings is 3. The Morgan fingerprint density at radius 3 is 2.38 bits per heavy atom. The molecule has 1 saturated heterocycles. The summed E-state index contributed by atoms with van der Waals surface area (Å²) in [7, 11) is 0. The molecule has 0 aliphatic carbocycles. The first-order valence-electron chi connectivity index (χ1n) is 11.2. The smallest absolute Gasteiger partial charge is 0.256 e. The average molecular weight is 456 g/mol. The topological polar surface area (TPSA) is 71.1 Å². The van der Waals surface area contributed by atoms with E-state index in [4.69, 9.17) is 9.47 Å². The molecule has 0 bridgehead atoms. The number of anilines is 2. The maximum atomic E-state index is 13.2. The number of hydrogen-bond donors (Lipinski definition) is 1. The highest BCUT2D eigenvalue weighted by atomic mass is 16.7. The summed E-state index contributed by atoms with van der Waals surface area (Å²) in [6, 6.07) is 22.8. The van der Waals surface area contributed by atoms with Gasteiger partial charge in [0.25, 0.3) is 5.91 Å². The van der Waals surface area contributed by atoms with Crippen molar-refractivity contribution in [1.82, 2.24) is 4.90 Å². The highest BCUT2D eigenvalue weighted by Gasteiger charge is 2.24. The monoisotopic (exact) mass is 455 g/mol. The fourth-order valence-corrected chi connectivity index (χ4v) is 4.12. The van der Waals surface area contributed by atoms with Crippen LogP contribution in [0.25, 0.3) is 6.08 Å².